The number of carbonyl (C=O) groups is 2. The smallest absolute Gasteiger partial charge is 0.262 e. The highest BCUT2D eigenvalue weighted by atomic mass is 32.2. The molecule has 0 saturated carbocycles. The fourth-order valence-electron chi connectivity index (χ4n) is 2.94. The number of rotatable bonds is 6. The van der Waals surface area contributed by atoms with Crippen molar-refractivity contribution in [2.45, 2.75) is 44.1 Å². The zero-order valence-corrected chi connectivity index (χ0v) is 17.6. The fourth-order valence-corrected chi connectivity index (χ4v) is 3.98. The Kier molecular flexibility index (Phi) is 6.17. The van der Waals surface area contributed by atoms with E-state index in [1.54, 1.807) is 47.9 Å². The topological polar surface area (TPSA) is 81.1 Å². The number of anilines is 1. The van der Waals surface area contributed by atoms with Gasteiger partial charge in [0.25, 0.3) is 5.56 Å². The molecule has 1 N–H and O–H groups in total. The maximum atomic E-state index is 12.9. The maximum absolute atomic E-state index is 12.9. The molecule has 0 aliphatic heterocycles. The summed E-state index contributed by atoms with van der Waals surface area (Å²) in [7, 11) is 0. The van der Waals surface area contributed by atoms with Gasteiger partial charge in [-0.25, -0.2) is 4.98 Å². The number of benzene rings is 2. The summed E-state index contributed by atoms with van der Waals surface area (Å²) in [6.45, 7) is 7.08. The third kappa shape index (κ3) is 4.56. The van der Waals surface area contributed by atoms with Gasteiger partial charge in [-0.1, -0.05) is 36.0 Å². The second-order valence-electron chi connectivity index (χ2n) is 7.07. The Balaban J connectivity index is 1.87. The third-order valence-electron chi connectivity index (χ3n) is 4.48. The molecule has 0 spiro atoms. The van der Waals surface area contributed by atoms with Crippen molar-refractivity contribution in [3.05, 3.63) is 64.4 Å². The number of fused-ring (bicyclic) bond motifs is 1. The lowest BCUT2D eigenvalue weighted by Crippen LogP contribution is -2.28. The van der Waals surface area contributed by atoms with E-state index in [1.165, 1.54) is 18.7 Å². The average molecular weight is 410 g/mol. The van der Waals surface area contributed by atoms with E-state index in [2.05, 4.69) is 10.3 Å². The Morgan fingerprint density at radius 3 is 2.48 bits per heavy atom. The van der Waals surface area contributed by atoms with Gasteiger partial charge in [-0.15, -0.1) is 0 Å². The largest absolute Gasteiger partial charge is 0.325 e. The molecule has 1 aromatic heterocycles. The molecule has 3 rings (SSSR count). The molecular weight excluding hydrogens is 386 g/mol. The first-order chi connectivity index (χ1) is 13.8. The highest BCUT2D eigenvalue weighted by Crippen LogP contribution is 2.25. The summed E-state index contributed by atoms with van der Waals surface area (Å²) < 4.78 is 1.62. The summed E-state index contributed by atoms with van der Waals surface area (Å²) in [6, 6.07) is 13.9. The van der Waals surface area contributed by atoms with Crippen LogP contribution in [0.25, 0.3) is 10.9 Å². The van der Waals surface area contributed by atoms with Crippen molar-refractivity contribution in [1.82, 2.24) is 9.55 Å². The lowest BCUT2D eigenvalue weighted by Gasteiger charge is -2.18. The number of amides is 1. The van der Waals surface area contributed by atoms with E-state index >= 15 is 0 Å². The molecule has 1 unspecified atom stereocenters. The molecule has 1 atom stereocenters. The van der Waals surface area contributed by atoms with Crippen LogP contribution in [-0.2, 0) is 4.79 Å². The number of carbonyl (C=O) groups excluding carboxylic acids is 2. The van der Waals surface area contributed by atoms with Crippen molar-refractivity contribution in [1.29, 1.82) is 0 Å². The maximum Gasteiger partial charge on any atom is 0.262 e. The van der Waals surface area contributed by atoms with Crippen LogP contribution in [-0.4, -0.2) is 26.5 Å². The molecule has 29 heavy (non-hydrogen) atoms. The van der Waals surface area contributed by atoms with Crippen molar-refractivity contribution in [2.75, 3.05) is 5.32 Å². The number of thioether (sulfide) groups is 1. The van der Waals surface area contributed by atoms with Gasteiger partial charge in [0.1, 0.15) is 0 Å². The number of hydrogen-bond acceptors (Lipinski definition) is 5. The van der Waals surface area contributed by atoms with Crippen LogP contribution >= 0.6 is 11.8 Å². The molecule has 1 amide bonds. The second-order valence-corrected chi connectivity index (χ2v) is 8.37. The molecule has 3 aromatic rings. The molecule has 0 radical (unpaired) electrons. The summed E-state index contributed by atoms with van der Waals surface area (Å²) in [6.07, 6.45) is 0. The van der Waals surface area contributed by atoms with Crippen LogP contribution in [0.5, 0.6) is 0 Å². The number of Topliss-reactive ketones (excluding diaryl/α,β-unsaturated/α-hetero) is 1. The van der Waals surface area contributed by atoms with E-state index in [1.807, 2.05) is 26.0 Å². The number of nitrogens with zero attached hydrogens (tertiary/aromatic N) is 2. The molecule has 0 saturated heterocycles. The number of hydrogen-bond donors (Lipinski definition) is 1. The van der Waals surface area contributed by atoms with Crippen molar-refractivity contribution < 1.29 is 9.59 Å². The molecular formula is C22H23N3O3S. The Bertz CT molecular complexity index is 1140. The van der Waals surface area contributed by atoms with E-state index in [4.69, 9.17) is 0 Å². The normalized spacial score (nSPS) is 12.2. The van der Waals surface area contributed by atoms with Crippen LogP contribution in [0, 0.1) is 0 Å². The van der Waals surface area contributed by atoms with Crippen molar-refractivity contribution in [3.63, 3.8) is 0 Å². The number of para-hydroxylation sites is 1. The summed E-state index contributed by atoms with van der Waals surface area (Å²) in [5.41, 5.74) is 1.59. The number of aromatic nitrogens is 2. The van der Waals surface area contributed by atoms with Crippen LogP contribution < -0.4 is 10.9 Å². The van der Waals surface area contributed by atoms with E-state index in [0.717, 1.165) is 0 Å². The van der Waals surface area contributed by atoms with Gasteiger partial charge in [0.15, 0.2) is 10.9 Å². The minimum Gasteiger partial charge on any atom is -0.325 e. The Morgan fingerprint density at radius 1 is 1.07 bits per heavy atom. The molecule has 7 heteroatoms. The van der Waals surface area contributed by atoms with E-state index in [0.29, 0.717) is 27.3 Å². The summed E-state index contributed by atoms with van der Waals surface area (Å²) >= 11 is 1.24. The number of nitrogens with one attached hydrogen (secondary N) is 1. The molecule has 0 aliphatic carbocycles. The van der Waals surface area contributed by atoms with Gasteiger partial charge in [0.2, 0.25) is 5.91 Å². The van der Waals surface area contributed by atoms with Crippen molar-refractivity contribution >= 4 is 40.0 Å². The third-order valence-corrected chi connectivity index (χ3v) is 5.55. The fraction of sp³-hybridized carbons (Fsp3) is 0.273. The zero-order valence-electron chi connectivity index (χ0n) is 16.8. The van der Waals surface area contributed by atoms with E-state index in [-0.39, 0.29) is 23.3 Å². The van der Waals surface area contributed by atoms with Crippen LogP contribution in [0.3, 0.4) is 0 Å². The minimum absolute atomic E-state index is 0.0650. The molecule has 0 fully saturated rings. The van der Waals surface area contributed by atoms with E-state index in [9.17, 15) is 14.4 Å². The summed E-state index contributed by atoms with van der Waals surface area (Å²) in [4.78, 5) is 41.8. The van der Waals surface area contributed by atoms with Gasteiger partial charge >= 0.3 is 0 Å². The lowest BCUT2D eigenvalue weighted by atomic mass is 10.1. The molecule has 150 valence electrons. The van der Waals surface area contributed by atoms with Gasteiger partial charge in [-0.05, 0) is 52.0 Å². The SMILES string of the molecule is CC(=O)c1cccc(NC(=O)C(C)Sc2nc3ccccc3c(=O)n2C(C)C)c1. The lowest BCUT2D eigenvalue weighted by molar-refractivity contribution is -0.115. The standard InChI is InChI=1S/C22H23N3O3S/c1-13(2)25-21(28)18-10-5-6-11-19(18)24-22(25)29-15(4)20(27)23-17-9-7-8-16(12-17)14(3)26/h5-13,15H,1-4H3,(H,23,27). The molecule has 1 heterocycles. The Labute approximate surface area is 173 Å². The van der Waals surface area contributed by atoms with Gasteiger partial charge in [-0.2, -0.15) is 0 Å². The molecule has 0 aliphatic rings. The monoisotopic (exact) mass is 409 g/mol. The first-order valence-corrected chi connectivity index (χ1v) is 10.3. The minimum atomic E-state index is -0.492. The second kappa shape index (κ2) is 8.61. The summed E-state index contributed by atoms with van der Waals surface area (Å²) in [5, 5.41) is 3.40. The van der Waals surface area contributed by atoms with Crippen LogP contribution in [0.15, 0.2) is 58.5 Å². The van der Waals surface area contributed by atoms with Gasteiger partial charge in [0.05, 0.1) is 16.2 Å². The van der Waals surface area contributed by atoms with Gasteiger partial charge in [-0.3, -0.25) is 19.0 Å². The predicted octanol–water partition coefficient (Wildman–Crippen LogP) is 4.30. The first-order valence-electron chi connectivity index (χ1n) is 9.37. The highest BCUT2D eigenvalue weighted by Gasteiger charge is 2.21. The summed E-state index contributed by atoms with van der Waals surface area (Å²) in [5.74, 6) is -0.293. The average Bonchev–Trinajstić information content (AvgIpc) is 2.68. The van der Waals surface area contributed by atoms with Crippen LogP contribution in [0.4, 0.5) is 5.69 Å². The Hall–Kier alpha value is -2.93. The van der Waals surface area contributed by atoms with Gasteiger partial charge < -0.3 is 5.32 Å². The van der Waals surface area contributed by atoms with Gasteiger partial charge in [0, 0.05) is 17.3 Å². The van der Waals surface area contributed by atoms with Crippen LogP contribution in [0.2, 0.25) is 0 Å². The predicted molar refractivity (Wildman–Crippen MR) is 117 cm³/mol. The number of ketones is 1. The Morgan fingerprint density at radius 2 is 1.79 bits per heavy atom. The quantitative estimate of drug-likeness (QED) is 0.373. The zero-order chi connectivity index (χ0) is 21.1. The van der Waals surface area contributed by atoms with E-state index < -0.39 is 5.25 Å². The molecule has 0 bridgehead atoms. The molecule has 6 nitrogen and oxygen atoms in total. The molecule has 2 aromatic carbocycles. The first kappa shape index (κ1) is 20.8. The van der Waals surface area contributed by atoms with Crippen molar-refractivity contribution in [2.24, 2.45) is 0 Å². The van der Waals surface area contributed by atoms with Crippen LogP contribution in [0.1, 0.15) is 44.1 Å². The van der Waals surface area contributed by atoms with Crippen molar-refractivity contribution in [3.8, 4) is 0 Å². The highest BCUT2D eigenvalue weighted by molar-refractivity contribution is 8.00.